The Morgan fingerprint density at radius 2 is 1.79 bits per heavy atom. The topological polar surface area (TPSA) is 81.7 Å². The number of ether oxygens (including phenoxy) is 2. The molecule has 4 rings (SSSR count). The van der Waals surface area contributed by atoms with Gasteiger partial charge in [-0.2, -0.15) is 0 Å². The molecule has 33 heavy (non-hydrogen) atoms. The van der Waals surface area contributed by atoms with Gasteiger partial charge in [0, 0.05) is 12.0 Å². The molecular weight excluding hydrogens is 438 g/mol. The van der Waals surface area contributed by atoms with Crippen LogP contribution in [0.1, 0.15) is 37.7 Å². The minimum atomic E-state index is -2.61. The maximum atomic E-state index is 11.7. The van der Waals surface area contributed by atoms with Crippen molar-refractivity contribution in [3.63, 3.8) is 0 Å². The van der Waals surface area contributed by atoms with E-state index in [4.69, 9.17) is 9.47 Å². The lowest BCUT2D eigenvalue weighted by atomic mass is 9.96. The fourth-order valence-corrected chi connectivity index (χ4v) is 4.63. The van der Waals surface area contributed by atoms with Crippen LogP contribution < -0.4 is 10.1 Å². The van der Waals surface area contributed by atoms with Crippen LogP contribution in [-0.4, -0.2) is 33.5 Å². The van der Waals surface area contributed by atoms with Crippen molar-refractivity contribution in [2.75, 3.05) is 18.3 Å². The Labute approximate surface area is 195 Å². The summed E-state index contributed by atoms with van der Waals surface area (Å²) in [5, 5.41) is 5.29. The van der Waals surface area contributed by atoms with Gasteiger partial charge in [0.05, 0.1) is 18.9 Å². The molecule has 1 aliphatic carbocycles. The Kier molecular flexibility index (Phi) is 7.50. The predicted octanol–water partition coefficient (Wildman–Crippen LogP) is 4.91. The van der Waals surface area contributed by atoms with Crippen LogP contribution in [0.15, 0.2) is 54.6 Å². The molecule has 0 bridgehead atoms. The third kappa shape index (κ3) is 5.85. The summed E-state index contributed by atoms with van der Waals surface area (Å²) in [4.78, 5) is 11.7. The molecule has 3 aromatic carbocycles. The zero-order valence-corrected chi connectivity index (χ0v) is 19.6. The molecule has 1 saturated carbocycles. The van der Waals surface area contributed by atoms with Gasteiger partial charge in [0.2, 0.25) is 0 Å². The quantitative estimate of drug-likeness (QED) is 0.344. The van der Waals surface area contributed by atoms with Crippen molar-refractivity contribution in [3.05, 3.63) is 60.2 Å². The number of fused-ring (bicyclic) bond motifs is 1. The highest BCUT2D eigenvalue weighted by atomic mass is 32.2. The van der Waals surface area contributed by atoms with E-state index in [2.05, 4.69) is 35.6 Å². The molecule has 0 heterocycles. The summed E-state index contributed by atoms with van der Waals surface area (Å²) in [6, 6.07) is 18.3. The average Bonchev–Trinajstić information content (AvgIpc) is 3.34. The molecule has 0 aliphatic heterocycles. The standard InChI is InChI=1S/C26H29NO5S/c1-31-25(28)13-10-18-14-23(21-12-11-19-6-2-3-7-20(19)16-21)26(32-22-8-4-5-9-22)24(15-18)27-17-33(29)30/h2-3,6-7,11-12,14-16,22,27,33H,4-5,8-10,13,17H2,1H3. The minimum Gasteiger partial charge on any atom is -0.488 e. The molecule has 1 aliphatic rings. The second-order valence-corrected chi connectivity index (χ2v) is 9.33. The predicted molar refractivity (Wildman–Crippen MR) is 131 cm³/mol. The normalized spacial score (nSPS) is 14.0. The highest BCUT2D eigenvalue weighted by Gasteiger charge is 2.22. The van der Waals surface area contributed by atoms with E-state index in [-0.39, 0.29) is 24.4 Å². The summed E-state index contributed by atoms with van der Waals surface area (Å²) < 4.78 is 34.0. The van der Waals surface area contributed by atoms with Crippen LogP contribution in [-0.2, 0) is 26.7 Å². The summed E-state index contributed by atoms with van der Waals surface area (Å²) in [6.07, 6.45) is 5.05. The van der Waals surface area contributed by atoms with Gasteiger partial charge >= 0.3 is 5.97 Å². The lowest BCUT2D eigenvalue weighted by molar-refractivity contribution is -0.140. The molecule has 174 valence electrons. The van der Waals surface area contributed by atoms with Gasteiger partial charge in [-0.05, 0) is 72.2 Å². The highest BCUT2D eigenvalue weighted by molar-refractivity contribution is 7.72. The first kappa shape index (κ1) is 23.1. The highest BCUT2D eigenvalue weighted by Crippen LogP contribution is 2.41. The maximum absolute atomic E-state index is 11.7. The van der Waals surface area contributed by atoms with E-state index >= 15 is 0 Å². The second kappa shape index (κ2) is 10.7. The van der Waals surface area contributed by atoms with Crippen molar-refractivity contribution in [2.24, 2.45) is 0 Å². The Morgan fingerprint density at radius 3 is 2.52 bits per heavy atom. The third-order valence-corrected chi connectivity index (χ3v) is 6.46. The van der Waals surface area contributed by atoms with Crippen LogP contribution in [0.2, 0.25) is 0 Å². The van der Waals surface area contributed by atoms with E-state index in [1.54, 1.807) is 0 Å². The van der Waals surface area contributed by atoms with E-state index in [1.165, 1.54) is 7.11 Å². The van der Waals surface area contributed by atoms with Gasteiger partial charge in [0.1, 0.15) is 5.88 Å². The summed E-state index contributed by atoms with van der Waals surface area (Å²) in [5.74, 6) is 0.190. The van der Waals surface area contributed by atoms with Crippen LogP contribution in [0.4, 0.5) is 5.69 Å². The van der Waals surface area contributed by atoms with Crippen molar-refractivity contribution >= 4 is 33.1 Å². The molecule has 6 nitrogen and oxygen atoms in total. The fourth-order valence-electron chi connectivity index (χ4n) is 4.33. The van der Waals surface area contributed by atoms with Crippen LogP contribution in [0.5, 0.6) is 5.75 Å². The Bertz CT molecular complexity index is 1210. The molecule has 1 N–H and O–H groups in total. The first-order valence-electron chi connectivity index (χ1n) is 11.3. The monoisotopic (exact) mass is 467 g/mol. The molecule has 7 heteroatoms. The second-order valence-electron chi connectivity index (χ2n) is 8.35. The van der Waals surface area contributed by atoms with Crippen molar-refractivity contribution in [1.29, 1.82) is 0 Å². The first-order valence-corrected chi connectivity index (χ1v) is 12.6. The number of methoxy groups -OCH3 is 1. The van der Waals surface area contributed by atoms with Crippen molar-refractivity contribution in [2.45, 2.75) is 44.6 Å². The molecule has 0 aromatic heterocycles. The molecular formula is C26H29NO5S. The zero-order valence-electron chi connectivity index (χ0n) is 18.7. The Hall–Kier alpha value is -3.06. The number of hydrogen-bond donors (Lipinski definition) is 2. The molecule has 0 spiro atoms. The van der Waals surface area contributed by atoms with E-state index in [0.29, 0.717) is 17.9 Å². The van der Waals surface area contributed by atoms with Gasteiger partial charge in [-0.1, -0.05) is 36.4 Å². The summed E-state index contributed by atoms with van der Waals surface area (Å²) in [5.41, 5.74) is 3.41. The number of aryl methyl sites for hydroxylation is 1. The molecule has 1 fully saturated rings. The van der Waals surface area contributed by atoms with Crippen LogP contribution in [0.25, 0.3) is 21.9 Å². The third-order valence-electron chi connectivity index (χ3n) is 6.04. The van der Waals surface area contributed by atoms with Gasteiger partial charge in [-0.3, -0.25) is 4.79 Å². The van der Waals surface area contributed by atoms with Crippen LogP contribution in [0.3, 0.4) is 0 Å². The number of esters is 1. The molecule has 0 atom stereocenters. The lowest BCUT2D eigenvalue weighted by Crippen LogP contribution is -2.14. The summed E-state index contributed by atoms with van der Waals surface area (Å²) in [6.45, 7) is 0. The zero-order chi connectivity index (χ0) is 23.2. The van der Waals surface area contributed by atoms with Crippen LogP contribution >= 0.6 is 0 Å². The van der Waals surface area contributed by atoms with Gasteiger partial charge in [0.25, 0.3) is 0 Å². The van der Waals surface area contributed by atoms with Crippen LogP contribution in [0, 0.1) is 0 Å². The molecule has 0 saturated heterocycles. The Morgan fingerprint density at radius 1 is 1.03 bits per heavy atom. The summed E-state index contributed by atoms with van der Waals surface area (Å²) in [7, 11) is -1.24. The van der Waals surface area contributed by atoms with Crippen molar-refractivity contribution in [1.82, 2.24) is 0 Å². The number of rotatable bonds is 9. The smallest absolute Gasteiger partial charge is 0.305 e. The van der Waals surface area contributed by atoms with E-state index in [9.17, 15) is 13.2 Å². The number of benzene rings is 3. The largest absolute Gasteiger partial charge is 0.488 e. The number of nitrogens with one attached hydrogen (secondary N) is 1. The maximum Gasteiger partial charge on any atom is 0.305 e. The van der Waals surface area contributed by atoms with Crippen molar-refractivity contribution in [3.8, 4) is 16.9 Å². The van der Waals surface area contributed by atoms with Gasteiger partial charge < -0.3 is 14.8 Å². The van der Waals surface area contributed by atoms with E-state index in [1.807, 2.05) is 24.3 Å². The van der Waals surface area contributed by atoms with E-state index < -0.39 is 10.7 Å². The molecule has 0 radical (unpaired) electrons. The Balaban J connectivity index is 1.82. The summed E-state index contributed by atoms with van der Waals surface area (Å²) >= 11 is 0. The average molecular weight is 468 g/mol. The molecule has 0 unspecified atom stereocenters. The van der Waals surface area contributed by atoms with E-state index in [0.717, 1.165) is 53.1 Å². The van der Waals surface area contributed by atoms with Gasteiger partial charge in [0.15, 0.2) is 16.5 Å². The molecule has 0 amide bonds. The fraction of sp³-hybridized carbons (Fsp3) is 0.346. The number of carbonyl (C=O) groups is 1. The number of anilines is 1. The number of thiol groups is 1. The number of hydrogen-bond acceptors (Lipinski definition) is 6. The SMILES string of the molecule is COC(=O)CCc1cc(NC[SH](=O)=O)c(OC2CCCC2)c(-c2ccc3ccccc3c2)c1. The van der Waals surface area contributed by atoms with Gasteiger partial charge in [-0.25, -0.2) is 8.42 Å². The first-order chi connectivity index (χ1) is 16.0. The van der Waals surface area contributed by atoms with Crippen molar-refractivity contribution < 1.29 is 22.7 Å². The lowest BCUT2D eigenvalue weighted by Gasteiger charge is -2.22. The molecule has 3 aromatic rings. The minimum absolute atomic E-state index is 0.103. The number of carbonyl (C=O) groups excluding carboxylic acids is 1. The van der Waals surface area contributed by atoms with Gasteiger partial charge in [-0.15, -0.1) is 0 Å².